The van der Waals surface area contributed by atoms with Gasteiger partial charge in [0.25, 0.3) is 0 Å². The first kappa shape index (κ1) is 37.8. The molecule has 10 nitrogen and oxygen atoms in total. The van der Waals surface area contributed by atoms with E-state index in [2.05, 4.69) is 21.3 Å². The number of rotatable bonds is 10. The molecule has 6 atom stereocenters. The summed E-state index contributed by atoms with van der Waals surface area (Å²) in [6.45, 7) is 7.68. The van der Waals surface area contributed by atoms with E-state index in [1.165, 1.54) is 4.90 Å². The van der Waals surface area contributed by atoms with E-state index < -0.39 is 59.7 Å². The largest absolute Gasteiger partial charge is 0.342 e. The molecule has 1 saturated heterocycles. The fraction of sp³-hybridized carbons (Fsp3) is 0.425. The first-order chi connectivity index (χ1) is 24.0. The molecule has 0 saturated carbocycles. The van der Waals surface area contributed by atoms with Gasteiger partial charge in [0.1, 0.15) is 30.2 Å². The maximum atomic E-state index is 14.5. The molecule has 50 heavy (non-hydrogen) atoms. The van der Waals surface area contributed by atoms with E-state index in [9.17, 15) is 24.0 Å². The van der Waals surface area contributed by atoms with Gasteiger partial charge in [-0.25, -0.2) is 0 Å². The van der Waals surface area contributed by atoms with Crippen LogP contribution in [0.5, 0.6) is 0 Å². The van der Waals surface area contributed by atoms with Crippen molar-refractivity contribution >= 4 is 29.5 Å². The normalized spacial score (nSPS) is 23.2. The van der Waals surface area contributed by atoms with Crippen molar-refractivity contribution < 1.29 is 24.0 Å². The van der Waals surface area contributed by atoms with Crippen LogP contribution in [0.2, 0.25) is 0 Å². The van der Waals surface area contributed by atoms with Crippen molar-refractivity contribution in [3.63, 3.8) is 0 Å². The highest BCUT2D eigenvalue weighted by molar-refractivity contribution is 5.98. The topological polar surface area (TPSA) is 137 Å². The highest BCUT2D eigenvalue weighted by Crippen LogP contribution is 2.17. The predicted molar refractivity (Wildman–Crippen MR) is 194 cm³/mol. The molecule has 266 valence electrons. The summed E-state index contributed by atoms with van der Waals surface area (Å²) in [5, 5.41) is 11.7. The predicted octanol–water partition coefficient (Wildman–Crippen LogP) is 3.59. The van der Waals surface area contributed by atoms with Crippen LogP contribution >= 0.6 is 0 Å². The fourth-order valence-corrected chi connectivity index (χ4v) is 6.21. The summed E-state index contributed by atoms with van der Waals surface area (Å²) in [5.41, 5.74) is 2.45. The molecule has 4 rings (SSSR count). The maximum absolute atomic E-state index is 14.5. The number of nitrogens with one attached hydrogen (secondary N) is 4. The van der Waals surface area contributed by atoms with E-state index in [0.717, 1.165) is 16.7 Å². The Morgan fingerprint density at radius 3 is 1.50 bits per heavy atom. The summed E-state index contributed by atoms with van der Waals surface area (Å²) in [6.07, 6.45) is 1.40. The van der Waals surface area contributed by atoms with Gasteiger partial charge in [0.15, 0.2) is 0 Å². The standard InChI is InChI=1S/C40H51N5O5/c1-6-27(4)35-39(49)42-32(23-28-16-10-7-11-17-28)36(46)43-33(24-29-18-12-8-13-19-29)40(50)45(5)34(25-30-20-14-9-15-21-30)38(48)41-31(22-26(2)3)37(47)44-35/h7-21,26-27,31-35H,6,22-25H2,1-5H3,(H,41,48)(H,42,49)(H,43,46)(H,44,47)/t27-,31+,32-,33+,34+,35+/m0/s1. The van der Waals surface area contributed by atoms with Crippen LogP contribution in [0.4, 0.5) is 0 Å². The molecule has 1 aliphatic heterocycles. The number of hydrogen-bond acceptors (Lipinski definition) is 5. The minimum Gasteiger partial charge on any atom is -0.342 e. The average Bonchev–Trinajstić information content (AvgIpc) is 3.11. The number of hydrogen-bond donors (Lipinski definition) is 4. The third kappa shape index (κ3) is 10.5. The van der Waals surface area contributed by atoms with Crippen molar-refractivity contribution in [2.75, 3.05) is 7.05 Å². The second kappa shape index (κ2) is 18.1. The Bertz CT molecular complexity index is 1580. The van der Waals surface area contributed by atoms with Crippen LogP contribution in [0.3, 0.4) is 0 Å². The molecule has 3 aromatic rings. The van der Waals surface area contributed by atoms with Crippen molar-refractivity contribution in [2.24, 2.45) is 11.8 Å². The van der Waals surface area contributed by atoms with Crippen molar-refractivity contribution in [3.05, 3.63) is 108 Å². The number of carbonyl (C=O) groups excluding carboxylic acids is 5. The number of amides is 5. The molecular formula is C40H51N5O5. The van der Waals surface area contributed by atoms with Crippen LogP contribution in [0.1, 0.15) is 57.2 Å². The summed E-state index contributed by atoms with van der Waals surface area (Å²) < 4.78 is 0. The number of carbonyl (C=O) groups is 5. The summed E-state index contributed by atoms with van der Waals surface area (Å²) in [7, 11) is 1.55. The zero-order valence-corrected chi connectivity index (χ0v) is 29.7. The van der Waals surface area contributed by atoms with Gasteiger partial charge in [-0.3, -0.25) is 24.0 Å². The summed E-state index contributed by atoms with van der Waals surface area (Å²) in [4.78, 5) is 72.2. The third-order valence-electron chi connectivity index (χ3n) is 9.34. The summed E-state index contributed by atoms with van der Waals surface area (Å²) in [5.74, 6) is -2.79. The highest BCUT2D eigenvalue weighted by Gasteiger charge is 2.38. The summed E-state index contributed by atoms with van der Waals surface area (Å²) >= 11 is 0. The van der Waals surface area contributed by atoms with Gasteiger partial charge in [0, 0.05) is 26.3 Å². The summed E-state index contributed by atoms with van der Waals surface area (Å²) in [6, 6.07) is 22.9. The number of nitrogens with zero attached hydrogens (tertiary/aromatic N) is 1. The Hall–Kier alpha value is -4.99. The maximum Gasteiger partial charge on any atom is 0.245 e. The van der Waals surface area contributed by atoms with Crippen LogP contribution in [-0.2, 0) is 43.2 Å². The van der Waals surface area contributed by atoms with E-state index in [1.54, 1.807) is 7.05 Å². The molecule has 1 heterocycles. The molecule has 0 bridgehead atoms. The molecule has 10 heteroatoms. The van der Waals surface area contributed by atoms with Crippen molar-refractivity contribution in [3.8, 4) is 0 Å². The SMILES string of the molecule is CC[C@H](C)[C@H]1NC(=O)[C@@H](CC(C)C)NC(=O)[C@@H](Cc2ccccc2)N(C)C(=O)[C@@H](Cc2ccccc2)NC(=O)[C@H](Cc2ccccc2)NC1=O. The molecule has 3 aromatic carbocycles. The Morgan fingerprint density at radius 1 is 0.560 bits per heavy atom. The van der Waals surface area contributed by atoms with Crippen LogP contribution < -0.4 is 21.3 Å². The smallest absolute Gasteiger partial charge is 0.245 e. The van der Waals surface area contributed by atoms with Crippen LogP contribution in [0.25, 0.3) is 0 Å². The third-order valence-corrected chi connectivity index (χ3v) is 9.34. The van der Waals surface area contributed by atoms with Crippen LogP contribution in [0.15, 0.2) is 91.0 Å². The Morgan fingerprint density at radius 2 is 1.00 bits per heavy atom. The van der Waals surface area contributed by atoms with E-state index in [4.69, 9.17) is 0 Å². The van der Waals surface area contributed by atoms with Crippen LogP contribution in [0, 0.1) is 11.8 Å². The molecule has 5 amide bonds. The molecule has 1 aliphatic rings. The van der Waals surface area contributed by atoms with Gasteiger partial charge in [-0.15, -0.1) is 0 Å². The quantitative estimate of drug-likeness (QED) is 0.260. The van der Waals surface area contributed by atoms with Gasteiger partial charge in [-0.1, -0.05) is 125 Å². The van der Waals surface area contributed by atoms with Gasteiger partial charge in [0.2, 0.25) is 29.5 Å². The molecule has 1 fully saturated rings. The van der Waals surface area contributed by atoms with Crippen molar-refractivity contribution in [2.45, 2.75) is 90.0 Å². The van der Waals surface area contributed by atoms with Gasteiger partial charge in [0.05, 0.1) is 0 Å². The number of likely N-dealkylation sites (N-methyl/N-ethyl adjacent to an activating group) is 1. The lowest BCUT2D eigenvalue weighted by Crippen LogP contribution is -2.59. The number of benzene rings is 3. The Balaban J connectivity index is 1.82. The average molecular weight is 682 g/mol. The van der Waals surface area contributed by atoms with E-state index in [0.29, 0.717) is 12.8 Å². The molecule has 0 unspecified atom stereocenters. The molecular weight excluding hydrogens is 630 g/mol. The van der Waals surface area contributed by atoms with Gasteiger partial charge < -0.3 is 26.2 Å². The Labute approximate surface area is 295 Å². The second-order valence-corrected chi connectivity index (χ2v) is 13.7. The molecule has 0 aromatic heterocycles. The minimum atomic E-state index is -1.06. The first-order valence-corrected chi connectivity index (χ1v) is 17.6. The Kier molecular flexibility index (Phi) is 13.7. The molecule has 0 aliphatic carbocycles. The molecule has 0 spiro atoms. The minimum absolute atomic E-state index is 0.0308. The lowest BCUT2D eigenvalue weighted by Gasteiger charge is -2.32. The zero-order valence-electron chi connectivity index (χ0n) is 29.7. The van der Waals surface area contributed by atoms with Crippen molar-refractivity contribution in [1.82, 2.24) is 26.2 Å². The molecule has 0 radical (unpaired) electrons. The second-order valence-electron chi connectivity index (χ2n) is 13.7. The fourth-order valence-electron chi connectivity index (χ4n) is 6.21. The van der Waals surface area contributed by atoms with Gasteiger partial charge >= 0.3 is 0 Å². The van der Waals surface area contributed by atoms with E-state index >= 15 is 0 Å². The van der Waals surface area contributed by atoms with Crippen molar-refractivity contribution in [1.29, 1.82) is 0 Å². The van der Waals surface area contributed by atoms with E-state index in [1.807, 2.05) is 119 Å². The lowest BCUT2D eigenvalue weighted by molar-refractivity contribution is -0.142. The monoisotopic (exact) mass is 681 g/mol. The highest BCUT2D eigenvalue weighted by atomic mass is 16.2. The first-order valence-electron chi connectivity index (χ1n) is 17.6. The van der Waals surface area contributed by atoms with E-state index in [-0.39, 0.29) is 31.1 Å². The molecule has 4 N–H and O–H groups in total. The lowest BCUT2D eigenvalue weighted by atomic mass is 9.95. The van der Waals surface area contributed by atoms with Gasteiger partial charge in [-0.2, -0.15) is 0 Å². The van der Waals surface area contributed by atoms with Gasteiger partial charge in [-0.05, 0) is 34.9 Å². The van der Waals surface area contributed by atoms with Crippen LogP contribution in [-0.4, -0.2) is 71.7 Å². The zero-order chi connectivity index (χ0) is 36.2.